The maximum atomic E-state index is 6.04. The van der Waals surface area contributed by atoms with Gasteiger partial charge in [0.25, 0.3) is 0 Å². The van der Waals surface area contributed by atoms with E-state index < -0.39 is 0 Å². The molecule has 0 N–H and O–H groups in total. The minimum absolute atomic E-state index is 0.502. The van der Waals surface area contributed by atoms with E-state index in [9.17, 15) is 0 Å². The molecule has 0 aliphatic heterocycles. The van der Waals surface area contributed by atoms with Gasteiger partial charge < -0.3 is 4.90 Å². The first-order chi connectivity index (χ1) is 8.24. The molecule has 1 saturated carbocycles. The Hall–Kier alpha value is -1.35. The van der Waals surface area contributed by atoms with Crippen molar-refractivity contribution in [1.82, 2.24) is 9.97 Å². The first-order valence-electron chi connectivity index (χ1n) is 5.75. The van der Waals surface area contributed by atoms with Crippen molar-refractivity contribution < 1.29 is 0 Å². The van der Waals surface area contributed by atoms with Gasteiger partial charge in [0.2, 0.25) is 0 Å². The van der Waals surface area contributed by atoms with Gasteiger partial charge in [-0.15, -0.1) is 13.2 Å². The van der Waals surface area contributed by atoms with Crippen molar-refractivity contribution in [3.63, 3.8) is 0 Å². The lowest BCUT2D eigenvalue weighted by atomic mass is 10.3. The second-order valence-electron chi connectivity index (χ2n) is 4.16. The minimum atomic E-state index is 0.502. The third-order valence-corrected chi connectivity index (χ3v) is 2.86. The number of aromatic nitrogens is 2. The first kappa shape index (κ1) is 12.1. The molecule has 90 valence electrons. The smallest absolute Gasteiger partial charge is 0.135 e. The number of halogens is 1. The van der Waals surface area contributed by atoms with Crippen LogP contribution in [0.3, 0.4) is 0 Å². The molecule has 1 aromatic heterocycles. The summed E-state index contributed by atoms with van der Waals surface area (Å²) < 4.78 is 0. The molecule has 0 spiro atoms. The van der Waals surface area contributed by atoms with Crippen LogP contribution in [0.5, 0.6) is 0 Å². The molecule has 0 atom stereocenters. The lowest BCUT2D eigenvalue weighted by molar-refractivity contribution is 0.867. The van der Waals surface area contributed by atoms with Gasteiger partial charge in [0.1, 0.15) is 16.8 Å². The second-order valence-corrected chi connectivity index (χ2v) is 4.55. The molecule has 1 fully saturated rings. The normalized spacial score (nSPS) is 14.4. The van der Waals surface area contributed by atoms with E-state index in [1.54, 1.807) is 6.07 Å². The minimum Gasteiger partial charge on any atom is -0.349 e. The Kier molecular flexibility index (Phi) is 3.79. The van der Waals surface area contributed by atoms with Gasteiger partial charge in [-0.1, -0.05) is 23.8 Å². The van der Waals surface area contributed by atoms with E-state index in [1.165, 1.54) is 12.8 Å². The summed E-state index contributed by atoms with van der Waals surface area (Å²) >= 11 is 6.04. The van der Waals surface area contributed by atoms with Crippen molar-refractivity contribution in [3.8, 4) is 0 Å². The standard InChI is InChI=1S/C13H16ClN3/c1-3-7-17(8-4-2)12-9-11(14)15-13(16-12)10-5-6-10/h3-4,9-10H,1-2,5-8H2. The van der Waals surface area contributed by atoms with Crippen LogP contribution in [0.25, 0.3) is 0 Å². The summed E-state index contributed by atoms with van der Waals surface area (Å²) in [5.74, 6) is 2.22. The Morgan fingerprint density at radius 1 is 1.29 bits per heavy atom. The first-order valence-corrected chi connectivity index (χ1v) is 6.13. The molecule has 1 aliphatic rings. The summed E-state index contributed by atoms with van der Waals surface area (Å²) in [5.41, 5.74) is 0. The van der Waals surface area contributed by atoms with Crippen LogP contribution in [0.1, 0.15) is 24.6 Å². The Morgan fingerprint density at radius 3 is 2.47 bits per heavy atom. The van der Waals surface area contributed by atoms with Crippen LogP contribution in [0.2, 0.25) is 5.15 Å². The number of nitrogens with zero attached hydrogens (tertiary/aromatic N) is 3. The molecule has 0 aromatic carbocycles. The number of hydrogen-bond acceptors (Lipinski definition) is 3. The van der Waals surface area contributed by atoms with Crippen molar-refractivity contribution in [2.75, 3.05) is 18.0 Å². The van der Waals surface area contributed by atoms with Crippen molar-refractivity contribution in [2.45, 2.75) is 18.8 Å². The largest absolute Gasteiger partial charge is 0.349 e. The van der Waals surface area contributed by atoms with Gasteiger partial charge in [-0.3, -0.25) is 0 Å². The number of anilines is 1. The highest BCUT2D eigenvalue weighted by molar-refractivity contribution is 6.29. The van der Waals surface area contributed by atoms with Gasteiger partial charge in [-0.05, 0) is 12.8 Å². The number of rotatable bonds is 6. The van der Waals surface area contributed by atoms with Crippen molar-refractivity contribution >= 4 is 17.4 Å². The predicted octanol–water partition coefficient (Wildman–Crippen LogP) is 3.19. The topological polar surface area (TPSA) is 29.0 Å². The fourth-order valence-electron chi connectivity index (χ4n) is 1.68. The van der Waals surface area contributed by atoms with E-state index in [4.69, 9.17) is 11.6 Å². The van der Waals surface area contributed by atoms with Crippen LogP contribution in [0, 0.1) is 0 Å². The van der Waals surface area contributed by atoms with Gasteiger partial charge in [-0.25, -0.2) is 9.97 Å². The second kappa shape index (κ2) is 5.32. The van der Waals surface area contributed by atoms with Crippen molar-refractivity contribution in [3.05, 3.63) is 42.4 Å². The molecule has 0 unspecified atom stereocenters. The fraction of sp³-hybridized carbons (Fsp3) is 0.385. The molecule has 1 heterocycles. The molecular weight excluding hydrogens is 234 g/mol. The molecule has 0 amide bonds. The van der Waals surface area contributed by atoms with Gasteiger partial charge in [0, 0.05) is 25.1 Å². The Morgan fingerprint density at radius 2 is 1.94 bits per heavy atom. The van der Waals surface area contributed by atoms with Gasteiger partial charge in [0.05, 0.1) is 0 Å². The van der Waals surface area contributed by atoms with E-state index in [1.807, 2.05) is 12.2 Å². The molecule has 0 bridgehead atoms. The van der Waals surface area contributed by atoms with E-state index in [0.717, 1.165) is 24.7 Å². The Balaban J connectivity index is 2.27. The zero-order chi connectivity index (χ0) is 12.3. The summed E-state index contributed by atoms with van der Waals surface area (Å²) in [7, 11) is 0. The van der Waals surface area contributed by atoms with E-state index >= 15 is 0 Å². The zero-order valence-electron chi connectivity index (χ0n) is 9.77. The molecule has 1 aromatic rings. The van der Waals surface area contributed by atoms with Crippen molar-refractivity contribution in [2.24, 2.45) is 0 Å². The Bertz CT molecular complexity index is 417. The van der Waals surface area contributed by atoms with Crippen LogP contribution in [-0.2, 0) is 0 Å². The average Bonchev–Trinajstić information content (AvgIpc) is 3.12. The van der Waals surface area contributed by atoms with Crippen LogP contribution in [-0.4, -0.2) is 23.1 Å². The summed E-state index contributed by atoms with van der Waals surface area (Å²) in [6.07, 6.45) is 6.03. The SMILES string of the molecule is C=CCN(CC=C)c1cc(Cl)nc(C2CC2)n1. The molecule has 2 rings (SSSR count). The van der Waals surface area contributed by atoms with E-state index in [2.05, 4.69) is 28.0 Å². The third kappa shape index (κ3) is 3.07. The van der Waals surface area contributed by atoms with Crippen LogP contribution < -0.4 is 4.90 Å². The van der Waals surface area contributed by atoms with Gasteiger partial charge >= 0.3 is 0 Å². The highest BCUT2D eigenvalue weighted by Gasteiger charge is 2.27. The average molecular weight is 250 g/mol. The quantitative estimate of drug-likeness (QED) is 0.573. The van der Waals surface area contributed by atoms with E-state index in [-0.39, 0.29) is 0 Å². The maximum absolute atomic E-state index is 6.04. The van der Waals surface area contributed by atoms with Crippen LogP contribution in [0.15, 0.2) is 31.4 Å². The van der Waals surface area contributed by atoms with Crippen molar-refractivity contribution in [1.29, 1.82) is 0 Å². The summed E-state index contributed by atoms with van der Waals surface area (Å²) in [6, 6.07) is 1.79. The molecule has 0 saturated heterocycles. The monoisotopic (exact) mass is 249 g/mol. The lowest BCUT2D eigenvalue weighted by Crippen LogP contribution is -2.24. The highest BCUT2D eigenvalue weighted by atomic mass is 35.5. The van der Waals surface area contributed by atoms with Crippen LogP contribution in [0.4, 0.5) is 5.82 Å². The van der Waals surface area contributed by atoms with Gasteiger partial charge in [0.15, 0.2) is 0 Å². The summed E-state index contributed by atoms with van der Waals surface area (Å²) in [4.78, 5) is 10.9. The third-order valence-electron chi connectivity index (χ3n) is 2.66. The predicted molar refractivity (Wildman–Crippen MR) is 71.6 cm³/mol. The van der Waals surface area contributed by atoms with Gasteiger partial charge in [-0.2, -0.15) is 0 Å². The lowest BCUT2D eigenvalue weighted by Gasteiger charge is -2.20. The number of hydrogen-bond donors (Lipinski definition) is 0. The fourth-order valence-corrected chi connectivity index (χ4v) is 1.87. The summed E-state index contributed by atoms with van der Waals surface area (Å²) in [5, 5.41) is 0.509. The summed E-state index contributed by atoms with van der Waals surface area (Å²) in [6.45, 7) is 8.95. The Labute approximate surface area is 107 Å². The highest BCUT2D eigenvalue weighted by Crippen LogP contribution is 2.39. The molecule has 17 heavy (non-hydrogen) atoms. The molecule has 1 aliphatic carbocycles. The van der Waals surface area contributed by atoms with E-state index in [0.29, 0.717) is 11.1 Å². The molecule has 3 nitrogen and oxygen atoms in total. The molecular formula is C13H16ClN3. The van der Waals surface area contributed by atoms with Crippen LogP contribution >= 0.6 is 11.6 Å². The zero-order valence-corrected chi connectivity index (χ0v) is 10.5. The molecule has 4 heteroatoms. The maximum Gasteiger partial charge on any atom is 0.135 e. The molecule has 0 radical (unpaired) electrons.